The van der Waals surface area contributed by atoms with Crippen LogP contribution < -0.4 is 9.47 Å². The summed E-state index contributed by atoms with van der Waals surface area (Å²) in [4.78, 5) is 36.9. The smallest absolute Gasteiger partial charge is 0.302 e. The second kappa shape index (κ2) is 16.7. The highest BCUT2D eigenvalue weighted by Gasteiger charge is 2.13. The molecule has 0 aliphatic carbocycles. The highest BCUT2D eigenvalue weighted by atomic mass is 19.1. The first-order valence-electron chi connectivity index (χ1n) is 16.9. The monoisotopic (exact) mass is 742 g/mol. The molecule has 0 radical (unpaired) electrons. The highest BCUT2D eigenvalue weighted by Crippen LogP contribution is 2.26. The fourth-order valence-corrected chi connectivity index (χ4v) is 5.56. The van der Waals surface area contributed by atoms with Crippen molar-refractivity contribution < 1.29 is 32.9 Å². The van der Waals surface area contributed by atoms with Gasteiger partial charge in [0.05, 0.1) is 18.0 Å². The number of hydrogen-bond donors (Lipinski definition) is 1. The Labute approximate surface area is 312 Å². The number of carbonyl (C=O) groups is 1. The lowest BCUT2D eigenvalue weighted by atomic mass is 10.0. The number of halogens is 2. The molecule has 0 saturated heterocycles. The summed E-state index contributed by atoms with van der Waals surface area (Å²) < 4.78 is 46.9. The molecule has 13 nitrogen and oxygen atoms in total. The van der Waals surface area contributed by atoms with E-state index in [2.05, 4.69) is 29.9 Å². The van der Waals surface area contributed by atoms with Crippen LogP contribution in [-0.4, -0.2) is 49.8 Å². The lowest BCUT2D eigenvalue weighted by Crippen LogP contribution is -2.01. The van der Waals surface area contributed by atoms with Gasteiger partial charge < -0.3 is 19.3 Å². The Hall–Kier alpha value is -7.13. The fourth-order valence-electron chi connectivity index (χ4n) is 5.56. The first-order valence-corrected chi connectivity index (χ1v) is 16.9. The van der Waals surface area contributed by atoms with Gasteiger partial charge in [-0.1, -0.05) is 24.3 Å². The first-order chi connectivity index (χ1) is 26.8. The molecule has 8 aromatic rings. The molecule has 6 heterocycles. The molecular weight excluding hydrogens is 710 g/mol. The highest BCUT2D eigenvalue weighted by molar-refractivity contribution is 5.69. The zero-order valence-electron chi connectivity index (χ0n) is 29.3. The molecule has 15 heteroatoms. The molecule has 0 unspecified atom stereocenters. The number of esters is 1. The minimum Gasteiger partial charge on any atom is -0.471 e. The summed E-state index contributed by atoms with van der Waals surface area (Å²) >= 11 is 0. The average Bonchev–Trinajstić information content (AvgIpc) is 3.82. The molecule has 0 bridgehead atoms. The quantitative estimate of drug-likeness (QED) is 0.143. The lowest BCUT2D eigenvalue weighted by Gasteiger charge is -2.10. The molecule has 0 saturated carbocycles. The first kappa shape index (κ1) is 36.2. The Morgan fingerprint density at radius 2 is 1.16 bits per heavy atom. The van der Waals surface area contributed by atoms with Crippen LogP contribution in [-0.2, 0) is 36.0 Å². The number of carbonyl (C=O) groups excluding carboxylic acids is 1. The Bertz CT molecular complexity index is 2570. The normalized spacial score (nSPS) is 10.9. The van der Waals surface area contributed by atoms with Crippen molar-refractivity contribution in [3.05, 3.63) is 157 Å². The molecule has 0 amide bonds. The van der Waals surface area contributed by atoms with Crippen LogP contribution in [0.3, 0.4) is 0 Å². The van der Waals surface area contributed by atoms with E-state index in [9.17, 15) is 18.7 Å². The van der Waals surface area contributed by atoms with Gasteiger partial charge in [-0.05, 0) is 53.1 Å². The summed E-state index contributed by atoms with van der Waals surface area (Å²) in [6.45, 7) is 1.57. The van der Waals surface area contributed by atoms with Crippen molar-refractivity contribution >= 4 is 17.5 Å². The molecule has 1 N–H and O–H groups in total. The van der Waals surface area contributed by atoms with Crippen LogP contribution in [0.2, 0.25) is 0 Å². The van der Waals surface area contributed by atoms with Crippen molar-refractivity contribution in [3.63, 3.8) is 0 Å². The molecule has 0 aliphatic heterocycles. The average molecular weight is 743 g/mol. The predicted octanol–water partition coefficient (Wildman–Crippen LogP) is 6.57. The van der Waals surface area contributed by atoms with Crippen molar-refractivity contribution in [1.82, 2.24) is 38.7 Å². The van der Waals surface area contributed by atoms with Crippen molar-refractivity contribution in [2.45, 2.75) is 33.4 Å². The maximum Gasteiger partial charge on any atom is 0.302 e. The maximum atomic E-state index is 13.7. The number of ether oxygens (including phenoxy) is 3. The van der Waals surface area contributed by atoms with Gasteiger partial charge in [-0.2, -0.15) is 0 Å². The molecule has 55 heavy (non-hydrogen) atoms. The summed E-state index contributed by atoms with van der Waals surface area (Å²) in [6.07, 6.45) is 13.9. The van der Waals surface area contributed by atoms with Crippen LogP contribution in [0.15, 0.2) is 122 Å². The number of aliphatic hydroxyl groups excluding tert-OH is 1. The number of pyridine rings is 2. The Morgan fingerprint density at radius 3 is 1.64 bits per heavy atom. The van der Waals surface area contributed by atoms with Crippen LogP contribution in [0.5, 0.6) is 11.8 Å². The van der Waals surface area contributed by atoms with Gasteiger partial charge in [0, 0.05) is 85.3 Å². The third-order valence-corrected chi connectivity index (χ3v) is 8.09. The standard InChI is InChI=1S/C21H17FN4O3.C19H15FN4O2/c1-14(27)28-12-15-8-17(22)5-6-19(15)16-9-24-21-25-18(11-26(21)10-16)13-29-20-4-2-3-7-23-20;20-15-4-5-17(13(7-15)11-25)14-8-22-19-23-16(10-24(19)9-14)12-26-18-3-1-2-6-21-18/h2-11H,12-13H2,1H3;1-10,25H,11-12H2. The van der Waals surface area contributed by atoms with Gasteiger partial charge in [-0.3, -0.25) is 13.6 Å². The van der Waals surface area contributed by atoms with E-state index in [1.54, 1.807) is 57.9 Å². The van der Waals surface area contributed by atoms with Gasteiger partial charge in [0.1, 0.15) is 31.5 Å². The van der Waals surface area contributed by atoms with Gasteiger partial charge >= 0.3 is 5.97 Å². The van der Waals surface area contributed by atoms with E-state index in [0.717, 1.165) is 22.3 Å². The number of hydrogen-bond acceptors (Lipinski definition) is 11. The van der Waals surface area contributed by atoms with Gasteiger partial charge in [-0.15, -0.1) is 0 Å². The van der Waals surface area contributed by atoms with Crippen LogP contribution in [0.4, 0.5) is 8.78 Å². The summed E-state index contributed by atoms with van der Waals surface area (Å²) in [5.74, 6) is 0.862. The molecule has 0 aliphatic rings. The third kappa shape index (κ3) is 9.09. The number of aromatic nitrogens is 8. The summed E-state index contributed by atoms with van der Waals surface area (Å²) in [5.41, 5.74) is 5.42. The molecule has 0 atom stereocenters. The van der Waals surface area contributed by atoms with Crippen LogP contribution in [0.25, 0.3) is 33.8 Å². The van der Waals surface area contributed by atoms with Crippen LogP contribution >= 0.6 is 0 Å². The van der Waals surface area contributed by atoms with E-state index in [1.807, 2.05) is 49.1 Å². The fraction of sp³-hybridized carbons (Fsp3) is 0.125. The largest absolute Gasteiger partial charge is 0.471 e. The number of benzene rings is 2. The van der Waals surface area contributed by atoms with Crippen molar-refractivity contribution in [2.75, 3.05) is 0 Å². The Kier molecular flexibility index (Phi) is 11.0. The van der Waals surface area contributed by atoms with Crippen molar-refractivity contribution in [1.29, 1.82) is 0 Å². The van der Waals surface area contributed by atoms with E-state index in [-0.39, 0.29) is 32.2 Å². The molecule has 8 rings (SSSR count). The number of imidazole rings is 2. The van der Waals surface area contributed by atoms with Crippen LogP contribution in [0, 0.1) is 11.6 Å². The maximum absolute atomic E-state index is 13.7. The van der Waals surface area contributed by atoms with Gasteiger partial charge in [-0.25, -0.2) is 38.7 Å². The van der Waals surface area contributed by atoms with Gasteiger partial charge in [0.25, 0.3) is 0 Å². The Morgan fingerprint density at radius 1 is 0.655 bits per heavy atom. The van der Waals surface area contributed by atoms with E-state index in [1.165, 1.54) is 31.2 Å². The minimum atomic E-state index is -0.430. The van der Waals surface area contributed by atoms with Crippen molar-refractivity contribution in [2.24, 2.45) is 0 Å². The predicted molar refractivity (Wildman–Crippen MR) is 195 cm³/mol. The minimum absolute atomic E-state index is 0.0203. The van der Waals surface area contributed by atoms with E-state index >= 15 is 0 Å². The SMILES string of the molecule is CC(=O)OCc1cc(F)ccc1-c1cnc2nc(COc3ccccn3)cn2c1.OCc1cc(F)ccc1-c1cnc2nc(COc3ccccn3)cn2c1. The van der Waals surface area contributed by atoms with Gasteiger partial charge in [0.15, 0.2) is 0 Å². The number of nitrogens with zero attached hydrogens (tertiary/aromatic N) is 8. The molecule has 6 aromatic heterocycles. The number of rotatable bonds is 11. The zero-order chi connectivity index (χ0) is 38.1. The van der Waals surface area contributed by atoms with Crippen LogP contribution in [0.1, 0.15) is 29.4 Å². The second-order valence-electron chi connectivity index (χ2n) is 12.0. The number of fused-ring (bicyclic) bond motifs is 2. The van der Waals surface area contributed by atoms with Crippen molar-refractivity contribution in [3.8, 4) is 34.0 Å². The summed E-state index contributed by atoms with van der Waals surface area (Å²) in [7, 11) is 0. The lowest BCUT2D eigenvalue weighted by molar-refractivity contribution is -0.142. The Balaban J connectivity index is 0.000000170. The number of aliphatic hydroxyl groups is 1. The second-order valence-corrected chi connectivity index (χ2v) is 12.0. The molecule has 276 valence electrons. The van der Waals surface area contributed by atoms with Gasteiger partial charge in [0.2, 0.25) is 23.3 Å². The molecule has 2 aromatic carbocycles. The third-order valence-electron chi connectivity index (χ3n) is 8.09. The summed E-state index contributed by atoms with van der Waals surface area (Å²) in [6, 6.07) is 19.5. The molecule has 0 spiro atoms. The molecule has 0 fully saturated rings. The van der Waals surface area contributed by atoms with E-state index in [0.29, 0.717) is 45.8 Å². The topological polar surface area (TPSA) is 151 Å². The molecular formula is C40H32F2N8O5. The summed E-state index contributed by atoms with van der Waals surface area (Å²) in [5, 5.41) is 9.47. The zero-order valence-corrected chi connectivity index (χ0v) is 29.3. The van der Waals surface area contributed by atoms with E-state index < -0.39 is 11.8 Å². The van der Waals surface area contributed by atoms with E-state index in [4.69, 9.17) is 14.2 Å².